The largest absolute Gasteiger partial charge is 0.444 e. The molecule has 0 fully saturated rings. The van der Waals surface area contributed by atoms with Gasteiger partial charge < -0.3 is 4.74 Å². The Kier molecular flexibility index (Phi) is 3.98. The van der Waals surface area contributed by atoms with Crippen LogP contribution in [0, 0.1) is 0 Å². The van der Waals surface area contributed by atoms with Crippen LogP contribution in [0.15, 0.2) is 60.8 Å². The van der Waals surface area contributed by atoms with Crippen molar-refractivity contribution < 1.29 is 22.7 Å². The summed E-state index contributed by atoms with van der Waals surface area (Å²) in [7, 11) is 0. The zero-order valence-corrected chi connectivity index (χ0v) is 13.7. The van der Waals surface area contributed by atoms with E-state index in [0.717, 1.165) is 17.2 Å². The predicted octanol–water partition coefficient (Wildman–Crippen LogP) is 5.40. The van der Waals surface area contributed by atoms with Crippen molar-refractivity contribution >= 4 is 6.09 Å². The van der Waals surface area contributed by atoms with E-state index in [1.807, 2.05) is 30.3 Å². The molecule has 26 heavy (non-hydrogen) atoms. The van der Waals surface area contributed by atoms with Gasteiger partial charge in [-0.25, -0.2) is 4.79 Å². The fraction of sp³-hybridized carbons (Fsp3) is 0.250. The van der Waals surface area contributed by atoms with Gasteiger partial charge in [0.05, 0.1) is 11.6 Å². The lowest BCUT2D eigenvalue weighted by Crippen LogP contribution is -2.31. The van der Waals surface area contributed by atoms with E-state index in [1.165, 1.54) is 17.0 Å². The number of nitrogens with zero attached hydrogens (tertiary/aromatic N) is 1. The van der Waals surface area contributed by atoms with Crippen LogP contribution >= 0.6 is 0 Å². The SMILES string of the molecule is O=C(OCc1ccccc1)N1C=CC2CC1c1ccc(C(F)(F)F)cc12. The van der Waals surface area contributed by atoms with Gasteiger partial charge in [-0.15, -0.1) is 0 Å². The maximum atomic E-state index is 13.0. The summed E-state index contributed by atoms with van der Waals surface area (Å²) in [6.07, 6.45) is -0.899. The Labute approximate surface area is 148 Å². The first-order chi connectivity index (χ1) is 12.4. The molecule has 1 heterocycles. The maximum Gasteiger partial charge on any atom is 0.416 e. The zero-order chi connectivity index (χ0) is 18.3. The summed E-state index contributed by atoms with van der Waals surface area (Å²) in [5, 5.41) is 0. The molecule has 1 aliphatic heterocycles. The van der Waals surface area contributed by atoms with Crippen molar-refractivity contribution in [2.24, 2.45) is 0 Å². The summed E-state index contributed by atoms with van der Waals surface area (Å²) in [4.78, 5) is 13.9. The summed E-state index contributed by atoms with van der Waals surface area (Å²) in [5.41, 5.74) is 1.61. The van der Waals surface area contributed by atoms with E-state index in [9.17, 15) is 18.0 Å². The highest BCUT2D eigenvalue weighted by Crippen LogP contribution is 2.49. The standard InChI is InChI=1S/C20H16F3NO2/c21-20(22,23)15-6-7-16-17(11-15)14-8-9-24(18(16)10-14)19(25)26-12-13-4-2-1-3-5-13/h1-9,11,14,18H,10,12H2. The summed E-state index contributed by atoms with van der Waals surface area (Å²) in [6, 6.07) is 12.8. The molecule has 1 aliphatic carbocycles. The van der Waals surface area contributed by atoms with E-state index in [-0.39, 0.29) is 18.6 Å². The number of amides is 1. The van der Waals surface area contributed by atoms with Gasteiger partial charge in [-0.05, 0) is 35.2 Å². The minimum atomic E-state index is -4.37. The topological polar surface area (TPSA) is 29.5 Å². The lowest BCUT2D eigenvalue weighted by Gasteiger charge is -2.28. The zero-order valence-electron chi connectivity index (χ0n) is 13.7. The quantitative estimate of drug-likeness (QED) is 0.718. The number of allylic oxidation sites excluding steroid dienone is 1. The molecular formula is C20H16F3NO2. The van der Waals surface area contributed by atoms with Crippen LogP contribution in [-0.2, 0) is 17.5 Å². The molecule has 2 aromatic rings. The third kappa shape index (κ3) is 2.96. The van der Waals surface area contributed by atoms with E-state index in [2.05, 4.69) is 0 Å². The second kappa shape index (κ2) is 6.20. The number of fused-ring (bicyclic) bond motifs is 5. The first-order valence-electron chi connectivity index (χ1n) is 8.32. The van der Waals surface area contributed by atoms with Gasteiger partial charge in [0, 0.05) is 12.1 Å². The molecule has 4 rings (SSSR count). The van der Waals surface area contributed by atoms with Crippen LogP contribution in [0.2, 0.25) is 0 Å². The summed E-state index contributed by atoms with van der Waals surface area (Å²) in [6.45, 7) is 0.153. The lowest BCUT2D eigenvalue weighted by atomic mass is 9.99. The van der Waals surface area contributed by atoms with Crippen molar-refractivity contribution in [1.29, 1.82) is 0 Å². The maximum absolute atomic E-state index is 13.0. The lowest BCUT2D eigenvalue weighted by molar-refractivity contribution is -0.137. The minimum Gasteiger partial charge on any atom is -0.444 e. The third-order valence-corrected chi connectivity index (χ3v) is 4.88. The first kappa shape index (κ1) is 16.7. The molecule has 0 N–H and O–H groups in total. The predicted molar refractivity (Wildman–Crippen MR) is 89.1 cm³/mol. The van der Waals surface area contributed by atoms with E-state index >= 15 is 0 Å². The monoisotopic (exact) mass is 359 g/mol. The fourth-order valence-electron chi connectivity index (χ4n) is 3.60. The van der Waals surface area contributed by atoms with E-state index in [1.54, 1.807) is 12.3 Å². The molecule has 2 aromatic carbocycles. The van der Waals surface area contributed by atoms with Crippen LogP contribution in [0.3, 0.4) is 0 Å². The summed E-state index contributed by atoms with van der Waals surface area (Å²) in [5.74, 6) is -0.101. The van der Waals surface area contributed by atoms with Gasteiger partial charge in [0.15, 0.2) is 0 Å². The normalized spacial score (nSPS) is 20.8. The molecule has 0 saturated heterocycles. The molecule has 0 radical (unpaired) electrons. The number of hydrogen-bond donors (Lipinski definition) is 0. The van der Waals surface area contributed by atoms with Crippen LogP contribution < -0.4 is 0 Å². The van der Waals surface area contributed by atoms with Gasteiger partial charge >= 0.3 is 12.3 Å². The Morgan fingerprint density at radius 1 is 1.12 bits per heavy atom. The van der Waals surface area contributed by atoms with Crippen LogP contribution in [0.4, 0.5) is 18.0 Å². The Morgan fingerprint density at radius 2 is 1.88 bits per heavy atom. The molecule has 2 aliphatic rings. The molecule has 2 unspecified atom stereocenters. The number of alkyl halides is 3. The molecule has 0 saturated carbocycles. The van der Waals surface area contributed by atoms with Gasteiger partial charge in [-0.2, -0.15) is 13.2 Å². The second-order valence-corrected chi connectivity index (χ2v) is 6.49. The van der Waals surface area contributed by atoms with E-state index in [4.69, 9.17) is 4.74 Å². The van der Waals surface area contributed by atoms with Gasteiger partial charge in [-0.3, -0.25) is 4.90 Å². The second-order valence-electron chi connectivity index (χ2n) is 6.49. The molecule has 0 aromatic heterocycles. The van der Waals surface area contributed by atoms with Crippen LogP contribution in [-0.4, -0.2) is 11.0 Å². The first-order valence-corrected chi connectivity index (χ1v) is 8.32. The van der Waals surface area contributed by atoms with Crippen LogP contribution in [0.25, 0.3) is 0 Å². The van der Waals surface area contributed by atoms with Gasteiger partial charge in [0.2, 0.25) is 0 Å². The highest BCUT2D eigenvalue weighted by Gasteiger charge is 2.40. The smallest absolute Gasteiger partial charge is 0.416 e. The Morgan fingerprint density at radius 3 is 2.62 bits per heavy atom. The Balaban J connectivity index is 1.53. The van der Waals surface area contributed by atoms with Crippen molar-refractivity contribution in [3.63, 3.8) is 0 Å². The van der Waals surface area contributed by atoms with Crippen LogP contribution in [0.1, 0.15) is 40.6 Å². The Bertz CT molecular complexity index is 861. The van der Waals surface area contributed by atoms with Crippen molar-refractivity contribution in [1.82, 2.24) is 4.90 Å². The average Bonchev–Trinajstić information content (AvgIpc) is 2.92. The van der Waals surface area contributed by atoms with Gasteiger partial charge in [-0.1, -0.05) is 42.5 Å². The van der Waals surface area contributed by atoms with E-state index < -0.39 is 17.8 Å². The molecule has 3 nitrogen and oxygen atoms in total. The van der Waals surface area contributed by atoms with Crippen LogP contribution in [0.5, 0.6) is 0 Å². The molecule has 2 bridgehead atoms. The number of benzene rings is 2. The Hall–Kier alpha value is -2.76. The number of carbonyl (C=O) groups is 1. The highest BCUT2D eigenvalue weighted by atomic mass is 19.4. The molecular weight excluding hydrogens is 343 g/mol. The molecule has 134 valence electrons. The molecule has 6 heteroatoms. The fourth-order valence-corrected chi connectivity index (χ4v) is 3.60. The van der Waals surface area contributed by atoms with Crippen molar-refractivity contribution in [2.75, 3.05) is 0 Å². The molecule has 0 spiro atoms. The number of ether oxygens (including phenoxy) is 1. The van der Waals surface area contributed by atoms with Crippen molar-refractivity contribution in [2.45, 2.75) is 31.2 Å². The van der Waals surface area contributed by atoms with Crippen molar-refractivity contribution in [3.05, 3.63) is 83.1 Å². The number of rotatable bonds is 2. The van der Waals surface area contributed by atoms with Gasteiger partial charge in [0.25, 0.3) is 0 Å². The summed E-state index contributed by atoms with van der Waals surface area (Å²) < 4.78 is 44.3. The number of hydrogen-bond acceptors (Lipinski definition) is 2. The van der Waals surface area contributed by atoms with Crippen molar-refractivity contribution in [3.8, 4) is 0 Å². The minimum absolute atomic E-state index is 0.101. The molecule has 2 atom stereocenters. The molecule has 1 amide bonds. The highest BCUT2D eigenvalue weighted by molar-refractivity contribution is 5.71. The average molecular weight is 359 g/mol. The number of halogens is 3. The summed E-state index contributed by atoms with van der Waals surface area (Å²) >= 11 is 0. The van der Waals surface area contributed by atoms with E-state index in [0.29, 0.717) is 12.0 Å². The van der Waals surface area contributed by atoms with Gasteiger partial charge in [0.1, 0.15) is 6.61 Å². The third-order valence-electron chi connectivity index (χ3n) is 4.88. The number of carbonyl (C=O) groups excluding carboxylic acids is 1.